The van der Waals surface area contributed by atoms with Gasteiger partial charge in [-0.1, -0.05) is 11.6 Å². The van der Waals surface area contributed by atoms with Crippen LogP contribution in [-0.4, -0.2) is 27.7 Å². The van der Waals surface area contributed by atoms with Gasteiger partial charge in [-0.05, 0) is 19.8 Å². The lowest BCUT2D eigenvalue weighted by atomic mass is 10.2. The summed E-state index contributed by atoms with van der Waals surface area (Å²) in [5, 5.41) is 12.1. The van der Waals surface area contributed by atoms with Gasteiger partial charge in [0, 0.05) is 12.6 Å². The molecule has 0 aromatic carbocycles. The predicted molar refractivity (Wildman–Crippen MR) is 60.9 cm³/mol. The van der Waals surface area contributed by atoms with Crippen molar-refractivity contribution in [2.75, 3.05) is 17.7 Å². The summed E-state index contributed by atoms with van der Waals surface area (Å²) in [6.45, 7) is 2.18. The molecule has 15 heavy (non-hydrogen) atoms. The highest BCUT2D eigenvalue weighted by Crippen LogP contribution is 2.24. The molecule has 1 aromatic rings. The van der Waals surface area contributed by atoms with Crippen LogP contribution < -0.4 is 11.1 Å². The highest BCUT2D eigenvalue weighted by Gasteiger charge is 2.08. The maximum atomic E-state index is 8.68. The predicted octanol–water partition coefficient (Wildman–Crippen LogP) is 1.29. The van der Waals surface area contributed by atoms with Crippen LogP contribution in [0.3, 0.4) is 0 Å². The van der Waals surface area contributed by atoms with Gasteiger partial charge in [-0.15, -0.1) is 0 Å². The molecule has 1 aromatic heterocycles. The van der Waals surface area contributed by atoms with Gasteiger partial charge >= 0.3 is 0 Å². The molecule has 5 nitrogen and oxygen atoms in total. The van der Waals surface area contributed by atoms with E-state index in [2.05, 4.69) is 15.3 Å². The van der Waals surface area contributed by atoms with Crippen molar-refractivity contribution < 1.29 is 5.11 Å². The van der Waals surface area contributed by atoms with Crippen LogP contribution in [-0.2, 0) is 0 Å². The van der Waals surface area contributed by atoms with Gasteiger partial charge in [-0.3, -0.25) is 0 Å². The molecule has 0 aliphatic heterocycles. The maximum Gasteiger partial charge on any atom is 0.150 e. The average molecular weight is 231 g/mol. The number of nitrogens with zero attached hydrogens (tertiary/aromatic N) is 2. The van der Waals surface area contributed by atoms with Crippen LogP contribution in [0.15, 0.2) is 6.33 Å². The van der Waals surface area contributed by atoms with Crippen LogP contribution in [0.25, 0.3) is 0 Å². The van der Waals surface area contributed by atoms with E-state index in [9.17, 15) is 0 Å². The topological polar surface area (TPSA) is 84.1 Å². The van der Waals surface area contributed by atoms with Gasteiger partial charge in [-0.25, -0.2) is 9.97 Å². The Hall–Kier alpha value is -1.07. The Morgan fingerprint density at radius 1 is 1.60 bits per heavy atom. The first kappa shape index (κ1) is 12.0. The number of hydrogen-bond donors (Lipinski definition) is 3. The van der Waals surface area contributed by atoms with Crippen molar-refractivity contribution in [3.8, 4) is 0 Å². The molecular formula is C9H15ClN4O. The summed E-state index contributed by atoms with van der Waals surface area (Å²) in [7, 11) is 0. The number of nitrogens with one attached hydrogen (secondary N) is 1. The summed E-state index contributed by atoms with van der Waals surface area (Å²) in [6.07, 6.45) is 2.95. The quantitative estimate of drug-likeness (QED) is 0.710. The summed E-state index contributed by atoms with van der Waals surface area (Å²) < 4.78 is 0. The van der Waals surface area contributed by atoms with Crippen LogP contribution in [0.2, 0.25) is 5.02 Å². The first-order valence-corrected chi connectivity index (χ1v) is 5.16. The Labute approximate surface area is 93.7 Å². The van der Waals surface area contributed by atoms with Gasteiger partial charge in [0.05, 0.1) is 0 Å². The van der Waals surface area contributed by atoms with Crippen molar-refractivity contribution >= 4 is 23.2 Å². The van der Waals surface area contributed by atoms with E-state index in [1.165, 1.54) is 6.33 Å². The van der Waals surface area contributed by atoms with E-state index in [1.807, 2.05) is 6.92 Å². The van der Waals surface area contributed by atoms with E-state index < -0.39 is 0 Å². The Bertz CT molecular complexity index is 321. The number of rotatable bonds is 5. The maximum absolute atomic E-state index is 8.68. The van der Waals surface area contributed by atoms with Crippen LogP contribution >= 0.6 is 11.6 Å². The van der Waals surface area contributed by atoms with Crippen molar-refractivity contribution in [1.82, 2.24) is 9.97 Å². The molecule has 6 heteroatoms. The van der Waals surface area contributed by atoms with E-state index in [4.69, 9.17) is 22.4 Å². The highest BCUT2D eigenvalue weighted by atomic mass is 35.5. The fourth-order valence-corrected chi connectivity index (χ4v) is 1.34. The summed E-state index contributed by atoms with van der Waals surface area (Å²) in [5.74, 6) is 0.804. The van der Waals surface area contributed by atoms with Crippen LogP contribution in [0.4, 0.5) is 11.6 Å². The second-order valence-electron chi connectivity index (χ2n) is 3.33. The van der Waals surface area contributed by atoms with Crippen molar-refractivity contribution in [2.45, 2.75) is 25.8 Å². The van der Waals surface area contributed by atoms with Gasteiger partial charge in [0.1, 0.15) is 17.2 Å². The van der Waals surface area contributed by atoms with Crippen molar-refractivity contribution in [1.29, 1.82) is 0 Å². The summed E-state index contributed by atoms with van der Waals surface area (Å²) in [5.41, 5.74) is 5.53. The zero-order valence-corrected chi connectivity index (χ0v) is 9.33. The minimum atomic E-state index is 0.184. The minimum absolute atomic E-state index is 0.184. The molecule has 1 rings (SSSR count). The van der Waals surface area contributed by atoms with Crippen LogP contribution in [0.5, 0.6) is 0 Å². The average Bonchev–Trinajstić information content (AvgIpc) is 2.22. The Morgan fingerprint density at radius 3 is 3.00 bits per heavy atom. The van der Waals surface area contributed by atoms with Gasteiger partial charge in [0.15, 0.2) is 5.82 Å². The van der Waals surface area contributed by atoms with E-state index in [0.717, 1.165) is 12.8 Å². The zero-order chi connectivity index (χ0) is 11.3. The number of aromatic nitrogens is 2. The molecular weight excluding hydrogens is 216 g/mol. The standard InChI is InChI=1S/C9H15ClN4O/c1-6(3-2-4-15)14-9-7(10)8(11)12-5-13-9/h5-6,15H,2-4H2,1H3,(H3,11,12,13,14). The number of halogens is 1. The van der Waals surface area contributed by atoms with E-state index >= 15 is 0 Å². The van der Waals surface area contributed by atoms with Crippen molar-refractivity contribution in [3.05, 3.63) is 11.3 Å². The molecule has 0 spiro atoms. The third-order valence-electron chi connectivity index (χ3n) is 1.99. The summed E-state index contributed by atoms with van der Waals surface area (Å²) in [6, 6.07) is 0.184. The monoisotopic (exact) mass is 230 g/mol. The second-order valence-corrected chi connectivity index (χ2v) is 3.71. The number of aliphatic hydroxyl groups excluding tert-OH is 1. The summed E-state index contributed by atoms with van der Waals surface area (Å²) in [4.78, 5) is 7.75. The number of nitrogen functional groups attached to an aromatic ring is 1. The lowest BCUT2D eigenvalue weighted by Crippen LogP contribution is -2.17. The fraction of sp³-hybridized carbons (Fsp3) is 0.556. The number of nitrogens with two attached hydrogens (primary N) is 1. The van der Waals surface area contributed by atoms with Crippen LogP contribution in [0, 0.1) is 0 Å². The molecule has 1 heterocycles. The van der Waals surface area contributed by atoms with E-state index in [0.29, 0.717) is 10.8 Å². The van der Waals surface area contributed by atoms with Crippen molar-refractivity contribution in [2.24, 2.45) is 0 Å². The van der Waals surface area contributed by atoms with Crippen LogP contribution in [0.1, 0.15) is 19.8 Å². The number of hydrogen-bond acceptors (Lipinski definition) is 5. The normalized spacial score (nSPS) is 12.5. The molecule has 84 valence electrons. The third kappa shape index (κ3) is 3.53. The minimum Gasteiger partial charge on any atom is -0.396 e. The molecule has 0 aliphatic carbocycles. The molecule has 1 unspecified atom stereocenters. The lowest BCUT2D eigenvalue weighted by molar-refractivity contribution is 0.282. The molecule has 0 aliphatic rings. The molecule has 1 atom stereocenters. The Morgan fingerprint density at radius 2 is 2.33 bits per heavy atom. The zero-order valence-electron chi connectivity index (χ0n) is 8.57. The number of anilines is 2. The Kier molecular flexibility index (Phi) is 4.58. The molecule has 0 saturated heterocycles. The first-order chi connectivity index (χ1) is 7.15. The van der Waals surface area contributed by atoms with Gasteiger partial charge < -0.3 is 16.2 Å². The molecule has 4 N–H and O–H groups in total. The molecule has 0 fully saturated rings. The van der Waals surface area contributed by atoms with Gasteiger partial charge in [0.25, 0.3) is 0 Å². The number of aliphatic hydroxyl groups is 1. The van der Waals surface area contributed by atoms with E-state index in [-0.39, 0.29) is 18.5 Å². The Balaban J connectivity index is 2.60. The van der Waals surface area contributed by atoms with Gasteiger partial charge in [-0.2, -0.15) is 0 Å². The lowest BCUT2D eigenvalue weighted by Gasteiger charge is -2.14. The largest absolute Gasteiger partial charge is 0.396 e. The van der Waals surface area contributed by atoms with E-state index in [1.54, 1.807) is 0 Å². The van der Waals surface area contributed by atoms with Gasteiger partial charge in [0.2, 0.25) is 0 Å². The summed E-state index contributed by atoms with van der Waals surface area (Å²) >= 11 is 5.91. The smallest absolute Gasteiger partial charge is 0.150 e. The SMILES string of the molecule is CC(CCCO)Nc1ncnc(N)c1Cl. The molecule has 0 amide bonds. The highest BCUT2D eigenvalue weighted by molar-refractivity contribution is 6.35. The fourth-order valence-electron chi connectivity index (χ4n) is 1.19. The van der Waals surface area contributed by atoms with Crippen molar-refractivity contribution in [3.63, 3.8) is 0 Å². The third-order valence-corrected chi connectivity index (χ3v) is 2.37. The second kappa shape index (κ2) is 5.72. The molecule has 0 bridgehead atoms. The molecule has 0 saturated carbocycles. The first-order valence-electron chi connectivity index (χ1n) is 4.78. The molecule has 0 radical (unpaired) electrons.